The average Bonchev–Trinajstić information content (AvgIpc) is 2.82. The third-order valence-corrected chi connectivity index (χ3v) is 3.76. The van der Waals surface area contributed by atoms with E-state index in [4.69, 9.17) is 0 Å². The summed E-state index contributed by atoms with van der Waals surface area (Å²) >= 11 is 2.12. The van der Waals surface area contributed by atoms with Gasteiger partial charge >= 0.3 is 0 Å². The maximum absolute atomic E-state index is 12.4. The van der Waals surface area contributed by atoms with E-state index in [9.17, 15) is 4.79 Å². The van der Waals surface area contributed by atoms with Crippen LogP contribution in [0, 0.1) is 10.5 Å². The highest BCUT2D eigenvalue weighted by Crippen LogP contribution is 2.15. The summed E-state index contributed by atoms with van der Waals surface area (Å²) in [6.45, 7) is 2.49. The number of carbonyl (C=O) groups excluding carboxylic acids is 1. The Morgan fingerprint density at radius 3 is 2.63 bits per heavy atom. The van der Waals surface area contributed by atoms with Gasteiger partial charge in [-0.05, 0) is 29.5 Å². The first-order valence-electron chi connectivity index (χ1n) is 5.82. The van der Waals surface area contributed by atoms with Crippen molar-refractivity contribution in [3.8, 4) is 0 Å². The second kappa shape index (κ2) is 5.32. The molecule has 7 heteroatoms. The van der Waals surface area contributed by atoms with Crippen molar-refractivity contribution >= 4 is 28.5 Å². The molecule has 0 unspecified atom stereocenters. The first-order chi connectivity index (χ1) is 8.90. The summed E-state index contributed by atoms with van der Waals surface area (Å²) in [4.78, 5) is 14.1. The highest BCUT2D eigenvalue weighted by atomic mass is 127. The summed E-state index contributed by atoms with van der Waals surface area (Å²) in [6, 6.07) is 0. The van der Waals surface area contributed by atoms with Crippen LogP contribution in [0.25, 0.3) is 0 Å². The molecule has 102 valence electrons. The van der Waals surface area contributed by atoms with Crippen LogP contribution in [0.5, 0.6) is 0 Å². The van der Waals surface area contributed by atoms with Crippen LogP contribution >= 0.6 is 22.6 Å². The van der Waals surface area contributed by atoms with Crippen molar-refractivity contribution in [2.75, 3.05) is 7.05 Å². The second-order valence-electron chi connectivity index (χ2n) is 4.54. The first kappa shape index (κ1) is 14.0. The predicted molar refractivity (Wildman–Crippen MR) is 79.7 cm³/mol. The topological polar surface area (TPSA) is 56.0 Å². The van der Waals surface area contributed by atoms with Crippen LogP contribution in [0.15, 0.2) is 12.4 Å². The summed E-state index contributed by atoms with van der Waals surface area (Å²) in [6.07, 6.45) is 3.63. The molecule has 0 aliphatic carbocycles. The molecule has 6 nitrogen and oxygen atoms in total. The van der Waals surface area contributed by atoms with Crippen LogP contribution in [0.1, 0.15) is 21.7 Å². The third-order valence-electron chi connectivity index (χ3n) is 2.97. The van der Waals surface area contributed by atoms with Gasteiger partial charge in [0.05, 0.1) is 15.5 Å². The minimum Gasteiger partial charge on any atom is -0.336 e. The summed E-state index contributed by atoms with van der Waals surface area (Å²) in [5.74, 6) is -0.0346. The van der Waals surface area contributed by atoms with Crippen molar-refractivity contribution in [1.82, 2.24) is 24.5 Å². The first-order valence-corrected chi connectivity index (χ1v) is 6.90. The number of hydrogen-bond donors (Lipinski definition) is 0. The minimum absolute atomic E-state index is 0.0346. The molecule has 0 saturated heterocycles. The van der Waals surface area contributed by atoms with Crippen LogP contribution in [-0.4, -0.2) is 37.4 Å². The SMILES string of the molecule is Cc1nn(C)cc1CN(C)C(=O)c1c(I)cnn1C. The average molecular weight is 373 g/mol. The fraction of sp³-hybridized carbons (Fsp3) is 0.417. The van der Waals surface area contributed by atoms with Gasteiger partial charge in [-0.15, -0.1) is 0 Å². The van der Waals surface area contributed by atoms with E-state index < -0.39 is 0 Å². The van der Waals surface area contributed by atoms with E-state index in [2.05, 4.69) is 32.8 Å². The standard InChI is InChI=1S/C12H16IN5O/c1-8-9(7-17(3)15-8)6-16(2)12(19)11-10(13)5-14-18(11)4/h5,7H,6H2,1-4H3. The monoisotopic (exact) mass is 373 g/mol. The van der Waals surface area contributed by atoms with Gasteiger partial charge in [0.15, 0.2) is 0 Å². The number of amides is 1. The maximum atomic E-state index is 12.4. The number of halogens is 1. The van der Waals surface area contributed by atoms with Crippen molar-refractivity contribution < 1.29 is 4.79 Å². The Kier molecular flexibility index (Phi) is 3.93. The number of aryl methyl sites for hydroxylation is 3. The molecule has 0 saturated carbocycles. The Morgan fingerprint density at radius 2 is 2.16 bits per heavy atom. The number of aromatic nitrogens is 4. The fourth-order valence-corrected chi connectivity index (χ4v) is 2.67. The lowest BCUT2D eigenvalue weighted by Crippen LogP contribution is -2.28. The Hall–Kier alpha value is -1.38. The predicted octanol–water partition coefficient (Wildman–Crippen LogP) is 1.34. The van der Waals surface area contributed by atoms with E-state index in [-0.39, 0.29) is 5.91 Å². The van der Waals surface area contributed by atoms with Gasteiger partial charge in [-0.2, -0.15) is 10.2 Å². The van der Waals surface area contributed by atoms with Gasteiger partial charge in [0.25, 0.3) is 5.91 Å². The smallest absolute Gasteiger partial charge is 0.273 e. The number of carbonyl (C=O) groups is 1. The van der Waals surface area contributed by atoms with Crippen LogP contribution in [0.2, 0.25) is 0 Å². The fourth-order valence-electron chi connectivity index (χ4n) is 1.96. The van der Waals surface area contributed by atoms with Gasteiger partial charge in [0.1, 0.15) is 5.69 Å². The van der Waals surface area contributed by atoms with Crippen molar-refractivity contribution in [2.24, 2.45) is 14.1 Å². The summed E-state index contributed by atoms with van der Waals surface area (Å²) in [5, 5.41) is 8.37. The van der Waals surface area contributed by atoms with E-state index in [1.54, 1.807) is 34.6 Å². The molecular weight excluding hydrogens is 357 g/mol. The van der Waals surface area contributed by atoms with E-state index in [0.29, 0.717) is 12.2 Å². The lowest BCUT2D eigenvalue weighted by Gasteiger charge is -2.17. The molecule has 0 aliphatic rings. The number of rotatable bonds is 3. The van der Waals surface area contributed by atoms with Gasteiger partial charge in [-0.25, -0.2) is 0 Å². The van der Waals surface area contributed by atoms with Crippen molar-refractivity contribution in [1.29, 1.82) is 0 Å². The molecule has 0 fully saturated rings. The van der Waals surface area contributed by atoms with E-state index in [1.807, 2.05) is 20.2 Å². The molecule has 0 spiro atoms. The molecule has 0 bridgehead atoms. The Morgan fingerprint density at radius 1 is 1.47 bits per heavy atom. The summed E-state index contributed by atoms with van der Waals surface area (Å²) in [5.41, 5.74) is 2.61. The van der Waals surface area contributed by atoms with Gasteiger partial charge < -0.3 is 4.90 Å². The second-order valence-corrected chi connectivity index (χ2v) is 5.70. The van der Waals surface area contributed by atoms with E-state index in [0.717, 1.165) is 14.8 Å². The zero-order valence-corrected chi connectivity index (χ0v) is 13.5. The van der Waals surface area contributed by atoms with Gasteiger partial charge in [-0.1, -0.05) is 0 Å². The molecule has 2 aromatic rings. The van der Waals surface area contributed by atoms with Gasteiger partial charge in [0, 0.05) is 39.4 Å². The zero-order chi connectivity index (χ0) is 14.2. The summed E-state index contributed by atoms with van der Waals surface area (Å²) < 4.78 is 4.23. The molecule has 0 atom stereocenters. The molecule has 1 amide bonds. The van der Waals surface area contributed by atoms with Crippen molar-refractivity contribution in [3.63, 3.8) is 0 Å². The molecule has 2 rings (SSSR count). The lowest BCUT2D eigenvalue weighted by molar-refractivity contribution is 0.0773. The lowest BCUT2D eigenvalue weighted by atomic mass is 10.2. The van der Waals surface area contributed by atoms with E-state index in [1.165, 1.54) is 0 Å². The van der Waals surface area contributed by atoms with E-state index >= 15 is 0 Å². The Bertz CT molecular complexity index is 596. The quantitative estimate of drug-likeness (QED) is 0.764. The Balaban J connectivity index is 2.19. The highest BCUT2D eigenvalue weighted by Gasteiger charge is 2.20. The molecule has 19 heavy (non-hydrogen) atoms. The van der Waals surface area contributed by atoms with Gasteiger partial charge in [0.2, 0.25) is 0 Å². The molecule has 0 N–H and O–H groups in total. The molecule has 0 aliphatic heterocycles. The molecule has 0 radical (unpaired) electrons. The Labute approximate surface area is 125 Å². The van der Waals surface area contributed by atoms with Crippen LogP contribution in [0.4, 0.5) is 0 Å². The highest BCUT2D eigenvalue weighted by molar-refractivity contribution is 14.1. The molecule has 2 aromatic heterocycles. The van der Waals surface area contributed by atoms with Crippen molar-refractivity contribution in [2.45, 2.75) is 13.5 Å². The van der Waals surface area contributed by atoms with Crippen molar-refractivity contribution in [3.05, 3.63) is 32.9 Å². The van der Waals surface area contributed by atoms with Crippen LogP contribution < -0.4 is 0 Å². The molecule has 2 heterocycles. The normalized spacial score (nSPS) is 10.8. The number of hydrogen-bond acceptors (Lipinski definition) is 3. The minimum atomic E-state index is -0.0346. The summed E-state index contributed by atoms with van der Waals surface area (Å²) in [7, 11) is 5.44. The van der Waals surface area contributed by atoms with Crippen LogP contribution in [0.3, 0.4) is 0 Å². The molecular formula is C12H16IN5O. The maximum Gasteiger partial charge on any atom is 0.273 e. The third kappa shape index (κ3) is 2.80. The molecule has 0 aromatic carbocycles. The zero-order valence-electron chi connectivity index (χ0n) is 11.4. The van der Waals surface area contributed by atoms with Crippen LogP contribution in [-0.2, 0) is 20.6 Å². The largest absolute Gasteiger partial charge is 0.336 e. The van der Waals surface area contributed by atoms with Gasteiger partial charge in [-0.3, -0.25) is 14.2 Å². The number of nitrogens with zero attached hydrogens (tertiary/aromatic N) is 5.